The van der Waals surface area contributed by atoms with Crippen LogP contribution in [-0.2, 0) is 12.8 Å². The summed E-state index contributed by atoms with van der Waals surface area (Å²) in [6.07, 6.45) is 3.18. The zero-order chi connectivity index (χ0) is 18.8. The van der Waals surface area contributed by atoms with E-state index in [2.05, 4.69) is 17.2 Å². The van der Waals surface area contributed by atoms with Gasteiger partial charge < -0.3 is 0 Å². The molecule has 5 heteroatoms. The van der Waals surface area contributed by atoms with Crippen LogP contribution >= 0.6 is 11.3 Å². The van der Waals surface area contributed by atoms with E-state index in [1.54, 1.807) is 47.7 Å². The van der Waals surface area contributed by atoms with E-state index in [9.17, 15) is 9.59 Å². The van der Waals surface area contributed by atoms with E-state index in [0.717, 1.165) is 25.0 Å². The molecule has 1 atom stereocenters. The predicted octanol–water partition coefficient (Wildman–Crippen LogP) is 4.75. The number of aryl methyl sites for hydroxylation is 1. The van der Waals surface area contributed by atoms with Crippen molar-refractivity contribution in [1.82, 2.24) is 4.98 Å². The molecule has 27 heavy (non-hydrogen) atoms. The molecule has 1 aliphatic rings. The van der Waals surface area contributed by atoms with Crippen LogP contribution in [0.3, 0.4) is 0 Å². The first-order chi connectivity index (χ1) is 13.1. The summed E-state index contributed by atoms with van der Waals surface area (Å²) < 4.78 is 0. The van der Waals surface area contributed by atoms with Crippen LogP contribution in [0.2, 0.25) is 0 Å². The van der Waals surface area contributed by atoms with E-state index < -0.39 is 0 Å². The molecule has 1 N–H and O–H groups in total. The maximum Gasteiger partial charge on any atom is 0.257 e. The lowest BCUT2D eigenvalue weighted by Crippen LogP contribution is -2.12. The number of nitrogens with one attached hydrogen (secondary N) is 1. The Morgan fingerprint density at radius 2 is 1.67 bits per heavy atom. The average Bonchev–Trinajstić information content (AvgIpc) is 3.09. The van der Waals surface area contributed by atoms with Crippen LogP contribution in [0.15, 0.2) is 54.6 Å². The van der Waals surface area contributed by atoms with Gasteiger partial charge in [0.1, 0.15) is 0 Å². The van der Waals surface area contributed by atoms with E-state index in [0.29, 0.717) is 27.7 Å². The number of carbonyl (C=O) groups excluding carboxylic acids is 2. The number of nitrogens with zero attached hydrogens (tertiary/aromatic N) is 1. The summed E-state index contributed by atoms with van der Waals surface area (Å²) in [5.74, 6) is 0.424. The van der Waals surface area contributed by atoms with Crippen LogP contribution in [0.1, 0.15) is 50.2 Å². The second kappa shape index (κ2) is 7.45. The molecule has 1 aromatic heterocycles. The van der Waals surface area contributed by atoms with Crippen molar-refractivity contribution in [3.63, 3.8) is 0 Å². The lowest BCUT2D eigenvalue weighted by atomic mass is 9.93. The second-order valence-electron chi connectivity index (χ2n) is 6.96. The van der Waals surface area contributed by atoms with Gasteiger partial charge in [-0.1, -0.05) is 49.4 Å². The van der Waals surface area contributed by atoms with Crippen LogP contribution in [-0.4, -0.2) is 16.7 Å². The minimum atomic E-state index is -0.201. The van der Waals surface area contributed by atoms with Crippen LogP contribution in [0, 0.1) is 5.92 Å². The maximum absolute atomic E-state index is 12.5. The quantitative estimate of drug-likeness (QED) is 0.669. The van der Waals surface area contributed by atoms with Gasteiger partial charge in [-0.15, -0.1) is 11.3 Å². The molecule has 3 aromatic rings. The minimum absolute atomic E-state index is 0.0516. The SMILES string of the molecule is C[C@@H]1CCc2nc(NC(=O)c3ccc(C(=O)c4ccccc4)cc3)sc2C1. The summed E-state index contributed by atoms with van der Waals surface area (Å²) in [5, 5.41) is 3.55. The molecule has 1 heterocycles. The smallest absolute Gasteiger partial charge is 0.257 e. The van der Waals surface area contributed by atoms with E-state index >= 15 is 0 Å². The van der Waals surface area contributed by atoms with Crippen molar-refractivity contribution in [3.05, 3.63) is 81.9 Å². The first kappa shape index (κ1) is 17.6. The molecule has 0 aliphatic heterocycles. The number of aromatic nitrogens is 1. The Labute approximate surface area is 162 Å². The van der Waals surface area contributed by atoms with Crippen LogP contribution in [0.4, 0.5) is 5.13 Å². The number of ketones is 1. The van der Waals surface area contributed by atoms with Crippen LogP contribution in [0.25, 0.3) is 0 Å². The number of benzene rings is 2. The fourth-order valence-corrected chi connectivity index (χ4v) is 4.46. The van der Waals surface area contributed by atoms with E-state index in [1.807, 2.05) is 18.2 Å². The third-order valence-corrected chi connectivity index (χ3v) is 5.89. The fourth-order valence-electron chi connectivity index (χ4n) is 3.29. The Morgan fingerprint density at radius 3 is 2.41 bits per heavy atom. The molecule has 0 fully saturated rings. The molecule has 2 aromatic carbocycles. The highest BCUT2D eigenvalue weighted by molar-refractivity contribution is 7.15. The molecule has 0 radical (unpaired) electrons. The molecular formula is C22H20N2O2S. The summed E-state index contributed by atoms with van der Waals surface area (Å²) in [6.45, 7) is 2.25. The Kier molecular flexibility index (Phi) is 4.86. The summed E-state index contributed by atoms with van der Waals surface area (Å²) in [5.41, 5.74) is 2.84. The minimum Gasteiger partial charge on any atom is -0.298 e. The van der Waals surface area contributed by atoms with Gasteiger partial charge in [-0.05, 0) is 37.3 Å². The maximum atomic E-state index is 12.5. The highest BCUT2D eigenvalue weighted by atomic mass is 32.1. The van der Waals surface area contributed by atoms with Gasteiger partial charge in [0, 0.05) is 21.6 Å². The van der Waals surface area contributed by atoms with Gasteiger partial charge in [-0.2, -0.15) is 0 Å². The number of fused-ring (bicyclic) bond motifs is 1. The van der Waals surface area contributed by atoms with Crippen molar-refractivity contribution in [2.45, 2.75) is 26.2 Å². The normalized spacial score (nSPS) is 15.8. The first-order valence-corrected chi connectivity index (χ1v) is 9.91. The van der Waals surface area contributed by atoms with Crippen LogP contribution in [0.5, 0.6) is 0 Å². The molecular weight excluding hydrogens is 356 g/mol. The van der Waals surface area contributed by atoms with Gasteiger partial charge in [0.2, 0.25) is 0 Å². The second-order valence-corrected chi connectivity index (χ2v) is 8.05. The van der Waals surface area contributed by atoms with Crippen molar-refractivity contribution in [3.8, 4) is 0 Å². The van der Waals surface area contributed by atoms with Gasteiger partial charge in [0.15, 0.2) is 10.9 Å². The fraction of sp³-hybridized carbons (Fsp3) is 0.227. The molecule has 1 amide bonds. The molecule has 0 unspecified atom stereocenters. The topological polar surface area (TPSA) is 59.1 Å². The molecule has 0 bridgehead atoms. The highest BCUT2D eigenvalue weighted by Crippen LogP contribution is 2.32. The molecule has 0 saturated heterocycles. The number of anilines is 1. The molecule has 0 spiro atoms. The van der Waals surface area contributed by atoms with Gasteiger partial charge in [0.25, 0.3) is 5.91 Å². The molecule has 4 rings (SSSR count). The predicted molar refractivity (Wildman–Crippen MR) is 108 cm³/mol. The van der Waals surface area contributed by atoms with Crippen molar-refractivity contribution in [2.75, 3.05) is 5.32 Å². The van der Waals surface area contributed by atoms with Crippen LogP contribution < -0.4 is 5.32 Å². The zero-order valence-corrected chi connectivity index (χ0v) is 15.9. The van der Waals surface area contributed by atoms with Crippen molar-refractivity contribution in [2.24, 2.45) is 5.92 Å². The molecule has 1 aliphatic carbocycles. The van der Waals surface area contributed by atoms with Gasteiger partial charge in [-0.25, -0.2) is 4.98 Å². The molecule has 0 saturated carbocycles. The summed E-state index contributed by atoms with van der Waals surface area (Å²) in [7, 11) is 0. The van der Waals surface area contributed by atoms with Crippen molar-refractivity contribution < 1.29 is 9.59 Å². The summed E-state index contributed by atoms with van der Waals surface area (Å²) in [4.78, 5) is 30.8. The Balaban J connectivity index is 1.46. The van der Waals surface area contributed by atoms with E-state index in [1.165, 1.54) is 4.88 Å². The monoisotopic (exact) mass is 376 g/mol. The zero-order valence-electron chi connectivity index (χ0n) is 15.1. The molecule has 4 nitrogen and oxygen atoms in total. The number of carbonyl (C=O) groups is 2. The summed E-state index contributed by atoms with van der Waals surface area (Å²) in [6, 6.07) is 15.9. The Hall–Kier alpha value is -2.79. The number of hydrogen-bond donors (Lipinski definition) is 1. The standard InChI is InChI=1S/C22H20N2O2S/c1-14-7-12-18-19(13-14)27-22(23-18)24-21(26)17-10-8-16(9-11-17)20(25)15-5-3-2-4-6-15/h2-6,8-11,14H,7,12-13H2,1H3,(H,23,24,26)/t14-/m1/s1. The number of hydrogen-bond acceptors (Lipinski definition) is 4. The first-order valence-electron chi connectivity index (χ1n) is 9.10. The summed E-state index contributed by atoms with van der Waals surface area (Å²) >= 11 is 1.57. The van der Waals surface area contributed by atoms with Crippen molar-refractivity contribution >= 4 is 28.2 Å². The van der Waals surface area contributed by atoms with E-state index in [-0.39, 0.29) is 11.7 Å². The highest BCUT2D eigenvalue weighted by Gasteiger charge is 2.20. The lowest BCUT2D eigenvalue weighted by Gasteiger charge is -2.15. The van der Waals surface area contributed by atoms with Gasteiger partial charge in [0.05, 0.1) is 5.69 Å². The van der Waals surface area contributed by atoms with Gasteiger partial charge >= 0.3 is 0 Å². The number of thiazole rings is 1. The Bertz CT molecular complexity index is 977. The third-order valence-electron chi connectivity index (χ3n) is 4.85. The van der Waals surface area contributed by atoms with E-state index in [4.69, 9.17) is 0 Å². The van der Waals surface area contributed by atoms with Gasteiger partial charge in [-0.3, -0.25) is 14.9 Å². The number of amides is 1. The Morgan fingerprint density at radius 1 is 1.00 bits per heavy atom. The lowest BCUT2D eigenvalue weighted by molar-refractivity contribution is 0.102. The largest absolute Gasteiger partial charge is 0.298 e. The van der Waals surface area contributed by atoms with Crippen molar-refractivity contribution in [1.29, 1.82) is 0 Å². The average molecular weight is 376 g/mol. The number of rotatable bonds is 4. The third kappa shape index (κ3) is 3.83. The molecule has 136 valence electrons.